The van der Waals surface area contributed by atoms with Gasteiger partial charge in [0, 0.05) is 5.69 Å². The van der Waals surface area contributed by atoms with Gasteiger partial charge in [-0.3, -0.25) is 4.79 Å². The third-order valence-electron chi connectivity index (χ3n) is 2.78. The molecule has 0 spiro atoms. The highest BCUT2D eigenvalue weighted by Crippen LogP contribution is 2.18. The molecular formula is C16H11N3O. The Morgan fingerprint density at radius 2 is 1.80 bits per heavy atom. The lowest BCUT2D eigenvalue weighted by Crippen LogP contribution is -2.20. The number of anilines is 1. The van der Waals surface area contributed by atoms with Gasteiger partial charge in [0.05, 0.1) is 17.7 Å². The summed E-state index contributed by atoms with van der Waals surface area (Å²) in [5.41, 5.74) is 1.60. The summed E-state index contributed by atoms with van der Waals surface area (Å²) < 4.78 is 0. The van der Waals surface area contributed by atoms with Crippen molar-refractivity contribution in [2.45, 2.75) is 5.92 Å². The van der Waals surface area contributed by atoms with Crippen molar-refractivity contribution in [3.05, 3.63) is 65.7 Å². The van der Waals surface area contributed by atoms with Crippen molar-refractivity contribution >= 4 is 11.6 Å². The van der Waals surface area contributed by atoms with Crippen LogP contribution >= 0.6 is 0 Å². The maximum atomic E-state index is 12.1. The first kappa shape index (κ1) is 13.3. The lowest BCUT2D eigenvalue weighted by molar-refractivity contribution is -0.116. The van der Waals surface area contributed by atoms with E-state index in [1.54, 1.807) is 48.5 Å². The van der Waals surface area contributed by atoms with Gasteiger partial charge >= 0.3 is 0 Å². The first-order chi connectivity index (χ1) is 9.74. The van der Waals surface area contributed by atoms with Crippen molar-refractivity contribution in [1.29, 1.82) is 10.5 Å². The van der Waals surface area contributed by atoms with Crippen LogP contribution < -0.4 is 5.32 Å². The molecule has 0 radical (unpaired) electrons. The minimum atomic E-state index is -0.873. The van der Waals surface area contributed by atoms with Crippen molar-refractivity contribution < 1.29 is 4.79 Å². The van der Waals surface area contributed by atoms with Gasteiger partial charge in [-0.15, -0.1) is 0 Å². The largest absolute Gasteiger partial charge is 0.325 e. The van der Waals surface area contributed by atoms with E-state index < -0.39 is 11.8 Å². The monoisotopic (exact) mass is 261 g/mol. The van der Waals surface area contributed by atoms with Crippen molar-refractivity contribution in [2.75, 3.05) is 5.32 Å². The van der Waals surface area contributed by atoms with Gasteiger partial charge in [0.2, 0.25) is 5.91 Å². The average molecular weight is 261 g/mol. The summed E-state index contributed by atoms with van der Waals surface area (Å²) in [7, 11) is 0. The van der Waals surface area contributed by atoms with Crippen LogP contribution in [0.1, 0.15) is 17.0 Å². The maximum Gasteiger partial charge on any atom is 0.246 e. The molecule has 0 saturated heterocycles. The maximum absolute atomic E-state index is 12.1. The van der Waals surface area contributed by atoms with E-state index in [0.717, 1.165) is 0 Å². The zero-order valence-electron chi connectivity index (χ0n) is 10.6. The zero-order valence-corrected chi connectivity index (χ0v) is 10.6. The van der Waals surface area contributed by atoms with Gasteiger partial charge in [0.1, 0.15) is 0 Å². The number of nitrogens with one attached hydrogen (secondary N) is 1. The molecule has 2 aromatic rings. The van der Waals surface area contributed by atoms with Crippen molar-refractivity contribution in [2.24, 2.45) is 0 Å². The average Bonchev–Trinajstić information content (AvgIpc) is 2.49. The second-order valence-corrected chi connectivity index (χ2v) is 4.15. The third-order valence-corrected chi connectivity index (χ3v) is 2.78. The van der Waals surface area contributed by atoms with Crippen LogP contribution in [0.3, 0.4) is 0 Å². The van der Waals surface area contributed by atoms with Crippen LogP contribution in [0.25, 0.3) is 0 Å². The molecule has 0 aliphatic heterocycles. The Balaban J connectivity index is 2.19. The molecule has 0 aliphatic rings. The highest BCUT2D eigenvalue weighted by molar-refractivity contribution is 5.97. The molecule has 0 bridgehead atoms. The van der Waals surface area contributed by atoms with Gasteiger partial charge in [0.15, 0.2) is 5.92 Å². The summed E-state index contributed by atoms with van der Waals surface area (Å²) in [6.45, 7) is 0. The molecule has 2 aromatic carbocycles. The molecule has 20 heavy (non-hydrogen) atoms. The van der Waals surface area contributed by atoms with E-state index in [1.165, 1.54) is 0 Å². The predicted octanol–water partition coefficient (Wildman–Crippen LogP) is 2.80. The highest BCUT2D eigenvalue weighted by atomic mass is 16.1. The minimum absolute atomic E-state index is 0.409. The molecule has 0 aliphatic carbocycles. The van der Waals surface area contributed by atoms with Gasteiger partial charge < -0.3 is 5.32 Å². The van der Waals surface area contributed by atoms with Gasteiger partial charge in [-0.1, -0.05) is 36.4 Å². The number of benzene rings is 2. The lowest BCUT2D eigenvalue weighted by atomic mass is 10.00. The highest BCUT2D eigenvalue weighted by Gasteiger charge is 2.19. The molecule has 0 fully saturated rings. The van der Waals surface area contributed by atoms with Crippen molar-refractivity contribution in [3.63, 3.8) is 0 Å². The smallest absolute Gasteiger partial charge is 0.246 e. The third kappa shape index (κ3) is 3.01. The number of nitrogens with zero attached hydrogens (tertiary/aromatic N) is 2. The predicted molar refractivity (Wildman–Crippen MR) is 74.6 cm³/mol. The second kappa shape index (κ2) is 6.17. The number of rotatable bonds is 3. The summed E-state index contributed by atoms with van der Waals surface area (Å²) in [4.78, 5) is 12.1. The van der Waals surface area contributed by atoms with Crippen molar-refractivity contribution in [3.8, 4) is 12.1 Å². The molecule has 2 rings (SSSR count). The van der Waals surface area contributed by atoms with E-state index >= 15 is 0 Å². The van der Waals surface area contributed by atoms with Crippen molar-refractivity contribution in [1.82, 2.24) is 0 Å². The van der Waals surface area contributed by atoms with Gasteiger partial charge in [0.25, 0.3) is 0 Å². The molecule has 0 aromatic heterocycles. The van der Waals surface area contributed by atoms with Crippen LogP contribution in [0.2, 0.25) is 0 Å². The zero-order chi connectivity index (χ0) is 14.4. The summed E-state index contributed by atoms with van der Waals surface area (Å²) in [5, 5.41) is 20.6. The molecule has 4 nitrogen and oxygen atoms in total. The number of carbonyl (C=O) groups excluding carboxylic acids is 1. The Labute approximate surface area is 116 Å². The molecule has 96 valence electrons. The Bertz CT molecular complexity index is 696. The molecule has 0 heterocycles. The molecule has 1 amide bonds. The molecule has 1 N–H and O–H groups in total. The van der Waals surface area contributed by atoms with E-state index in [1.807, 2.05) is 18.2 Å². The van der Waals surface area contributed by atoms with Crippen LogP contribution in [0, 0.1) is 22.7 Å². The normalized spacial score (nSPS) is 10.9. The lowest BCUT2D eigenvalue weighted by Gasteiger charge is -2.10. The summed E-state index contributed by atoms with van der Waals surface area (Å²) in [5.74, 6) is -1.28. The SMILES string of the molecule is N#Cc1cccc(NC(=O)C(C#N)c2ccccc2)c1. The van der Waals surface area contributed by atoms with Gasteiger partial charge in [-0.05, 0) is 23.8 Å². The Hall–Kier alpha value is -3.11. The topological polar surface area (TPSA) is 76.7 Å². The van der Waals surface area contributed by atoms with E-state index in [4.69, 9.17) is 10.5 Å². The number of amides is 1. The molecule has 1 atom stereocenters. The number of hydrogen-bond donors (Lipinski definition) is 1. The standard InChI is InChI=1S/C16H11N3O/c17-10-12-5-4-8-14(9-12)19-16(20)15(11-18)13-6-2-1-3-7-13/h1-9,15H,(H,19,20). The van der Waals surface area contributed by atoms with Gasteiger partial charge in [-0.2, -0.15) is 10.5 Å². The van der Waals surface area contributed by atoms with Crippen LogP contribution in [0.15, 0.2) is 54.6 Å². The fraction of sp³-hybridized carbons (Fsp3) is 0.0625. The Morgan fingerprint density at radius 1 is 1.05 bits per heavy atom. The Kier molecular flexibility index (Phi) is 4.11. The molecular weight excluding hydrogens is 250 g/mol. The van der Waals surface area contributed by atoms with E-state index in [-0.39, 0.29) is 0 Å². The summed E-state index contributed by atoms with van der Waals surface area (Å²) in [6, 6.07) is 19.4. The fourth-order valence-corrected chi connectivity index (χ4v) is 1.81. The number of carbonyl (C=O) groups is 1. The van der Waals surface area contributed by atoms with E-state index in [0.29, 0.717) is 16.8 Å². The first-order valence-corrected chi connectivity index (χ1v) is 6.00. The van der Waals surface area contributed by atoms with E-state index in [9.17, 15) is 4.79 Å². The van der Waals surface area contributed by atoms with Gasteiger partial charge in [-0.25, -0.2) is 0 Å². The molecule has 0 saturated carbocycles. The second-order valence-electron chi connectivity index (χ2n) is 4.15. The molecule has 4 heteroatoms. The van der Waals surface area contributed by atoms with Crippen LogP contribution in [-0.2, 0) is 4.79 Å². The number of hydrogen-bond acceptors (Lipinski definition) is 3. The quantitative estimate of drug-likeness (QED) is 0.922. The van der Waals surface area contributed by atoms with Crippen LogP contribution in [0.5, 0.6) is 0 Å². The fourth-order valence-electron chi connectivity index (χ4n) is 1.81. The summed E-state index contributed by atoms with van der Waals surface area (Å²) >= 11 is 0. The molecule has 1 unspecified atom stereocenters. The minimum Gasteiger partial charge on any atom is -0.325 e. The van der Waals surface area contributed by atoms with Crippen LogP contribution in [0.4, 0.5) is 5.69 Å². The first-order valence-electron chi connectivity index (χ1n) is 6.00. The summed E-state index contributed by atoms with van der Waals surface area (Å²) in [6.07, 6.45) is 0. The van der Waals surface area contributed by atoms with E-state index in [2.05, 4.69) is 5.32 Å². The Morgan fingerprint density at radius 3 is 2.45 bits per heavy atom. The number of nitriles is 2. The van der Waals surface area contributed by atoms with Crippen LogP contribution in [-0.4, -0.2) is 5.91 Å².